The van der Waals surface area contributed by atoms with Crippen LogP contribution in [0.4, 0.5) is 13.2 Å². The lowest BCUT2D eigenvalue weighted by Crippen LogP contribution is -2.03. The molecule has 0 amide bonds. The molecule has 0 aromatic carbocycles. The van der Waals surface area contributed by atoms with Gasteiger partial charge in [-0.3, -0.25) is 0 Å². The second-order valence-corrected chi connectivity index (χ2v) is 5.64. The van der Waals surface area contributed by atoms with Gasteiger partial charge in [-0.25, -0.2) is 4.98 Å². The van der Waals surface area contributed by atoms with Gasteiger partial charge in [0.1, 0.15) is 0 Å². The molecular weight excluding hydrogens is 267 g/mol. The molecule has 0 aliphatic rings. The number of hydrogen-bond donors (Lipinski definition) is 0. The largest absolute Gasteiger partial charge is 0.445 e. The summed E-state index contributed by atoms with van der Waals surface area (Å²) < 4.78 is 37.4. The Morgan fingerprint density at radius 3 is 2.53 bits per heavy atom. The van der Waals surface area contributed by atoms with Crippen molar-refractivity contribution in [3.8, 4) is 0 Å². The van der Waals surface area contributed by atoms with E-state index in [1.54, 1.807) is 11.6 Å². The van der Waals surface area contributed by atoms with Crippen LogP contribution in [-0.2, 0) is 6.18 Å². The summed E-state index contributed by atoms with van der Waals surface area (Å²) in [5.41, 5.74) is 0. The van der Waals surface area contributed by atoms with Gasteiger partial charge in [-0.2, -0.15) is 13.2 Å². The lowest BCUT2D eigenvalue weighted by molar-refractivity contribution is -0.138. The van der Waals surface area contributed by atoms with Crippen molar-refractivity contribution in [2.45, 2.75) is 14.9 Å². The van der Waals surface area contributed by atoms with Crippen molar-refractivity contribution < 1.29 is 13.2 Å². The van der Waals surface area contributed by atoms with E-state index < -0.39 is 11.2 Å². The van der Waals surface area contributed by atoms with Crippen LogP contribution >= 0.6 is 34.4 Å². The van der Waals surface area contributed by atoms with Gasteiger partial charge in [0.2, 0.25) is 5.01 Å². The van der Waals surface area contributed by atoms with E-state index in [-0.39, 0.29) is 4.34 Å². The van der Waals surface area contributed by atoms with Crippen LogP contribution in [0.15, 0.2) is 20.3 Å². The third-order valence-electron chi connectivity index (χ3n) is 1.23. The standard InChI is InChI=1S/C6H2F3N3S3/c7-6(8,9)3-11-12-5(14-3)15-4-10-1-2-13-4/h1-2H. The van der Waals surface area contributed by atoms with E-state index in [1.165, 1.54) is 11.3 Å². The number of nitrogens with zero attached hydrogens (tertiary/aromatic N) is 3. The molecule has 80 valence electrons. The molecule has 9 heteroatoms. The molecule has 2 rings (SSSR count). The molecule has 0 atom stereocenters. The molecule has 0 fully saturated rings. The first kappa shape index (κ1) is 10.8. The first-order chi connectivity index (χ1) is 7.05. The van der Waals surface area contributed by atoms with Crippen molar-refractivity contribution in [3.05, 3.63) is 16.6 Å². The van der Waals surface area contributed by atoms with Gasteiger partial charge in [0.25, 0.3) is 0 Å². The van der Waals surface area contributed by atoms with Crippen molar-refractivity contribution in [1.82, 2.24) is 15.2 Å². The fourth-order valence-electron chi connectivity index (χ4n) is 0.701. The average Bonchev–Trinajstić information content (AvgIpc) is 2.73. The summed E-state index contributed by atoms with van der Waals surface area (Å²) in [7, 11) is 0. The average molecular weight is 269 g/mol. The highest BCUT2D eigenvalue weighted by Gasteiger charge is 2.35. The Morgan fingerprint density at radius 1 is 1.20 bits per heavy atom. The molecule has 2 heterocycles. The van der Waals surface area contributed by atoms with Crippen LogP contribution < -0.4 is 0 Å². The normalized spacial score (nSPS) is 11.9. The van der Waals surface area contributed by atoms with E-state index in [4.69, 9.17) is 0 Å². The third-order valence-corrected chi connectivity index (χ3v) is 4.14. The van der Waals surface area contributed by atoms with Crippen molar-refractivity contribution >= 4 is 34.4 Å². The maximum absolute atomic E-state index is 12.2. The molecule has 3 nitrogen and oxygen atoms in total. The summed E-state index contributed by atoms with van der Waals surface area (Å²) in [6.07, 6.45) is -2.84. The summed E-state index contributed by atoms with van der Waals surface area (Å²) >= 11 is 2.95. The van der Waals surface area contributed by atoms with Gasteiger partial charge < -0.3 is 0 Å². The van der Waals surface area contributed by atoms with E-state index in [0.29, 0.717) is 15.7 Å². The second kappa shape index (κ2) is 4.06. The van der Waals surface area contributed by atoms with Gasteiger partial charge in [-0.15, -0.1) is 21.5 Å². The van der Waals surface area contributed by atoms with E-state index in [9.17, 15) is 13.2 Å². The minimum atomic E-state index is -4.42. The fourth-order valence-corrected chi connectivity index (χ4v) is 3.24. The lowest BCUT2D eigenvalue weighted by atomic mass is 10.7. The van der Waals surface area contributed by atoms with Gasteiger partial charge in [-0.1, -0.05) is 11.3 Å². The Labute approximate surface area is 94.4 Å². The van der Waals surface area contributed by atoms with Crippen LogP contribution in [0.5, 0.6) is 0 Å². The number of hydrogen-bond acceptors (Lipinski definition) is 6. The molecule has 0 saturated carbocycles. The zero-order valence-electron chi connectivity index (χ0n) is 6.85. The SMILES string of the molecule is FC(F)(F)c1nnc(Sc2nccs2)s1. The number of aromatic nitrogens is 3. The molecule has 0 N–H and O–H groups in total. The highest BCUT2D eigenvalue weighted by atomic mass is 32.2. The monoisotopic (exact) mass is 269 g/mol. The predicted molar refractivity (Wildman–Crippen MR) is 51.1 cm³/mol. The van der Waals surface area contributed by atoms with Crippen LogP contribution in [-0.4, -0.2) is 15.2 Å². The highest BCUT2D eigenvalue weighted by Crippen LogP contribution is 2.37. The van der Waals surface area contributed by atoms with Crippen molar-refractivity contribution in [2.75, 3.05) is 0 Å². The maximum Gasteiger partial charge on any atom is 0.445 e. The zero-order valence-corrected chi connectivity index (χ0v) is 9.30. The summed E-state index contributed by atoms with van der Waals surface area (Å²) in [5, 5.41) is 7.32. The highest BCUT2D eigenvalue weighted by molar-refractivity contribution is 8.02. The molecule has 0 saturated heterocycles. The molecule has 2 aromatic rings. The first-order valence-corrected chi connectivity index (χ1v) is 6.05. The fraction of sp³-hybridized carbons (Fsp3) is 0.167. The van der Waals surface area contributed by atoms with E-state index in [1.807, 2.05) is 0 Å². The van der Waals surface area contributed by atoms with Crippen LogP contribution in [0.2, 0.25) is 0 Å². The molecule has 0 bridgehead atoms. The zero-order chi connectivity index (χ0) is 10.9. The third kappa shape index (κ3) is 2.67. The number of halogens is 3. The van der Waals surface area contributed by atoms with Gasteiger partial charge in [0, 0.05) is 11.6 Å². The van der Waals surface area contributed by atoms with Gasteiger partial charge in [-0.05, 0) is 11.8 Å². The summed E-state index contributed by atoms with van der Waals surface area (Å²) in [5.74, 6) is 0. The minimum absolute atomic E-state index is 0.247. The molecule has 0 aliphatic carbocycles. The van der Waals surface area contributed by atoms with Gasteiger partial charge >= 0.3 is 6.18 Å². The van der Waals surface area contributed by atoms with Gasteiger partial charge in [0.15, 0.2) is 8.68 Å². The topological polar surface area (TPSA) is 38.7 Å². The van der Waals surface area contributed by atoms with Crippen molar-refractivity contribution in [3.63, 3.8) is 0 Å². The maximum atomic E-state index is 12.2. The number of thiazole rings is 1. The predicted octanol–water partition coefficient (Wildman–Crippen LogP) is 3.16. The van der Waals surface area contributed by atoms with E-state index in [2.05, 4.69) is 15.2 Å². The molecule has 2 aromatic heterocycles. The molecule has 0 unspecified atom stereocenters. The van der Waals surface area contributed by atoms with Crippen molar-refractivity contribution in [2.24, 2.45) is 0 Å². The minimum Gasteiger partial charge on any atom is -0.238 e. The number of rotatable bonds is 2. The van der Waals surface area contributed by atoms with E-state index >= 15 is 0 Å². The molecule has 15 heavy (non-hydrogen) atoms. The summed E-state index contributed by atoms with van der Waals surface area (Å²) in [6, 6.07) is 0. The quantitative estimate of drug-likeness (QED) is 0.839. The van der Waals surface area contributed by atoms with Crippen LogP contribution in [0, 0.1) is 0 Å². The molecule has 0 radical (unpaired) electrons. The Hall–Kier alpha value is -0.670. The Kier molecular flexibility index (Phi) is 2.94. The Morgan fingerprint density at radius 2 is 2.00 bits per heavy atom. The molecule has 0 spiro atoms. The first-order valence-electron chi connectivity index (χ1n) is 3.54. The Balaban J connectivity index is 2.15. The summed E-state index contributed by atoms with van der Waals surface area (Å²) in [6.45, 7) is 0. The van der Waals surface area contributed by atoms with E-state index in [0.717, 1.165) is 11.8 Å². The smallest absolute Gasteiger partial charge is 0.238 e. The van der Waals surface area contributed by atoms with Crippen LogP contribution in [0.25, 0.3) is 0 Å². The Bertz CT molecular complexity index is 436. The van der Waals surface area contributed by atoms with Gasteiger partial charge in [0.05, 0.1) is 0 Å². The lowest BCUT2D eigenvalue weighted by Gasteiger charge is -1.97. The summed E-state index contributed by atoms with van der Waals surface area (Å²) in [4.78, 5) is 3.92. The molecule has 0 aliphatic heterocycles. The van der Waals surface area contributed by atoms with Crippen LogP contribution in [0.1, 0.15) is 5.01 Å². The van der Waals surface area contributed by atoms with Crippen LogP contribution in [0.3, 0.4) is 0 Å². The second-order valence-electron chi connectivity index (χ2n) is 2.27. The van der Waals surface area contributed by atoms with Crippen molar-refractivity contribution in [1.29, 1.82) is 0 Å². The number of alkyl halides is 3. The molecular formula is C6H2F3N3S3.